The molecule has 1 aromatic heterocycles. The van der Waals surface area contributed by atoms with Crippen LogP contribution in [0.4, 0.5) is 5.13 Å². The van der Waals surface area contributed by atoms with E-state index in [1.807, 2.05) is 39.5 Å². The fraction of sp³-hybridized carbons (Fsp3) is 0.688. The molecule has 2 amide bonds. The van der Waals surface area contributed by atoms with Crippen LogP contribution in [-0.4, -0.2) is 34.8 Å². The van der Waals surface area contributed by atoms with Crippen LogP contribution >= 0.6 is 11.3 Å². The van der Waals surface area contributed by atoms with E-state index in [-0.39, 0.29) is 17.7 Å². The molecule has 22 heavy (non-hydrogen) atoms. The lowest BCUT2D eigenvalue weighted by Gasteiger charge is -2.35. The monoisotopic (exact) mass is 323 g/mol. The molecule has 0 spiro atoms. The van der Waals surface area contributed by atoms with Crippen LogP contribution in [0.25, 0.3) is 0 Å². The summed E-state index contributed by atoms with van der Waals surface area (Å²) in [5.41, 5.74) is 0.551. The third-order valence-corrected chi connectivity index (χ3v) is 4.97. The van der Waals surface area contributed by atoms with E-state index in [4.69, 9.17) is 0 Å². The van der Waals surface area contributed by atoms with Crippen LogP contribution in [0.5, 0.6) is 0 Å². The number of hydrogen-bond donors (Lipinski definition) is 1. The van der Waals surface area contributed by atoms with Crippen molar-refractivity contribution < 1.29 is 9.59 Å². The average molecular weight is 323 g/mol. The first-order valence-electron chi connectivity index (χ1n) is 7.72. The molecule has 122 valence electrons. The molecule has 1 unspecified atom stereocenters. The molecule has 0 aliphatic carbocycles. The van der Waals surface area contributed by atoms with Gasteiger partial charge in [0.15, 0.2) is 5.13 Å². The van der Waals surface area contributed by atoms with Gasteiger partial charge in [0.1, 0.15) is 0 Å². The van der Waals surface area contributed by atoms with Crippen molar-refractivity contribution >= 4 is 28.3 Å². The van der Waals surface area contributed by atoms with Crippen molar-refractivity contribution in [3.63, 3.8) is 0 Å². The van der Waals surface area contributed by atoms with Gasteiger partial charge in [0.2, 0.25) is 11.8 Å². The van der Waals surface area contributed by atoms with Gasteiger partial charge in [-0.25, -0.2) is 4.98 Å². The fourth-order valence-electron chi connectivity index (χ4n) is 2.58. The first-order valence-corrected chi connectivity index (χ1v) is 8.54. The molecule has 1 atom stereocenters. The Morgan fingerprint density at radius 3 is 2.55 bits per heavy atom. The highest BCUT2D eigenvalue weighted by Gasteiger charge is 2.33. The lowest BCUT2D eigenvalue weighted by molar-refractivity contribution is -0.142. The second-order valence-electron chi connectivity index (χ2n) is 6.99. The van der Waals surface area contributed by atoms with Crippen molar-refractivity contribution in [1.82, 2.24) is 9.88 Å². The van der Waals surface area contributed by atoms with E-state index in [1.165, 1.54) is 11.3 Å². The molecule has 1 aromatic rings. The van der Waals surface area contributed by atoms with Gasteiger partial charge in [0, 0.05) is 23.4 Å². The van der Waals surface area contributed by atoms with Crippen LogP contribution in [0.3, 0.4) is 0 Å². The Morgan fingerprint density at radius 2 is 2.00 bits per heavy atom. The molecule has 1 saturated heterocycles. The van der Waals surface area contributed by atoms with Crippen LogP contribution in [0.2, 0.25) is 0 Å². The summed E-state index contributed by atoms with van der Waals surface area (Å²) in [5, 5.41) is 3.55. The number of carbonyl (C=O) groups excluding carboxylic acids is 2. The Kier molecular flexibility index (Phi) is 4.90. The van der Waals surface area contributed by atoms with Crippen LogP contribution < -0.4 is 5.32 Å². The highest BCUT2D eigenvalue weighted by molar-refractivity contribution is 7.15. The Balaban J connectivity index is 1.99. The van der Waals surface area contributed by atoms with Gasteiger partial charge in [-0.15, -0.1) is 11.3 Å². The number of nitrogens with one attached hydrogen (secondary N) is 1. The number of nitrogens with zero attached hydrogens (tertiary/aromatic N) is 2. The maximum Gasteiger partial charge on any atom is 0.231 e. The van der Waals surface area contributed by atoms with E-state index in [9.17, 15) is 9.59 Å². The summed E-state index contributed by atoms with van der Waals surface area (Å²) in [6.45, 7) is 10.9. The van der Waals surface area contributed by atoms with Crippen LogP contribution in [-0.2, 0) is 9.59 Å². The lowest BCUT2D eigenvalue weighted by Crippen LogP contribution is -2.47. The van der Waals surface area contributed by atoms with Crippen LogP contribution in [0.15, 0.2) is 0 Å². The molecule has 1 N–H and O–H groups in total. The molecule has 0 aromatic carbocycles. The third kappa shape index (κ3) is 3.85. The van der Waals surface area contributed by atoms with Crippen molar-refractivity contribution in [2.24, 2.45) is 11.3 Å². The minimum absolute atomic E-state index is 0.0276. The Bertz CT molecular complexity index is 555. The smallest absolute Gasteiger partial charge is 0.231 e. The summed E-state index contributed by atoms with van der Waals surface area (Å²) in [4.78, 5) is 32.1. The number of amides is 2. The number of hydrogen-bond acceptors (Lipinski definition) is 4. The van der Waals surface area contributed by atoms with E-state index in [1.54, 1.807) is 0 Å². The zero-order valence-electron chi connectivity index (χ0n) is 14.0. The van der Waals surface area contributed by atoms with Crippen LogP contribution in [0, 0.1) is 25.2 Å². The topological polar surface area (TPSA) is 62.3 Å². The summed E-state index contributed by atoms with van der Waals surface area (Å²) in [6, 6.07) is 0. The number of thiazole rings is 1. The van der Waals surface area contributed by atoms with Gasteiger partial charge in [-0.2, -0.15) is 0 Å². The molecule has 2 rings (SSSR count). The largest absolute Gasteiger partial charge is 0.341 e. The molecule has 0 bridgehead atoms. The quantitative estimate of drug-likeness (QED) is 0.910. The van der Waals surface area contributed by atoms with Crippen molar-refractivity contribution in [2.45, 2.75) is 47.5 Å². The zero-order valence-corrected chi connectivity index (χ0v) is 14.8. The number of rotatable bonds is 2. The first kappa shape index (κ1) is 16.9. The Labute approximate surface area is 136 Å². The predicted molar refractivity (Wildman–Crippen MR) is 89.0 cm³/mol. The van der Waals surface area contributed by atoms with Crippen molar-refractivity contribution in [3.8, 4) is 0 Å². The van der Waals surface area contributed by atoms with Crippen LogP contribution in [0.1, 0.15) is 44.2 Å². The molecule has 2 heterocycles. The second kappa shape index (κ2) is 6.36. The molecule has 0 radical (unpaired) electrons. The summed E-state index contributed by atoms with van der Waals surface area (Å²) in [5.74, 6) is -0.0596. The molecule has 6 heteroatoms. The number of piperidine rings is 1. The predicted octanol–water partition coefficient (Wildman–Crippen LogP) is 2.98. The van der Waals surface area contributed by atoms with Gasteiger partial charge < -0.3 is 10.2 Å². The number of aryl methyl sites for hydroxylation is 2. The second-order valence-corrected chi connectivity index (χ2v) is 8.19. The summed E-state index contributed by atoms with van der Waals surface area (Å²) < 4.78 is 0. The maximum atomic E-state index is 12.4. The highest BCUT2D eigenvalue weighted by atomic mass is 32.1. The SMILES string of the molecule is Cc1nc(NC(=O)C2CCCN(C(=O)C(C)(C)C)C2)sc1C. The third-order valence-electron chi connectivity index (χ3n) is 3.98. The van der Waals surface area contributed by atoms with Gasteiger partial charge in [0.05, 0.1) is 11.6 Å². The first-order chi connectivity index (χ1) is 10.2. The normalized spacial score (nSPS) is 19.1. The minimum atomic E-state index is -0.401. The standard InChI is InChI=1S/C16H25N3O2S/c1-10-11(2)22-15(17-10)18-13(20)12-7-6-8-19(9-12)14(21)16(3,4)5/h12H,6-9H2,1-5H3,(H,17,18,20). The van der Waals surface area contributed by atoms with Gasteiger partial charge in [-0.05, 0) is 26.7 Å². The summed E-state index contributed by atoms with van der Waals surface area (Å²) in [6.07, 6.45) is 1.69. The highest BCUT2D eigenvalue weighted by Crippen LogP contribution is 2.26. The van der Waals surface area contributed by atoms with E-state index in [2.05, 4.69) is 10.3 Å². The van der Waals surface area contributed by atoms with Crippen molar-refractivity contribution in [2.75, 3.05) is 18.4 Å². The summed E-state index contributed by atoms with van der Waals surface area (Å²) >= 11 is 1.49. The van der Waals surface area contributed by atoms with Crippen molar-refractivity contribution in [1.29, 1.82) is 0 Å². The number of carbonyl (C=O) groups is 2. The molecule has 1 fully saturated rings. The summed E-state index contributed by atoms with van der Waals surface area (Å²) in [7, 11) is 0. The van der Waals surface area contributed by atoms with Crippen molar-refractivity contribution in [3.05, 3.63) is 10.6 Å². The molecule has 1 aliphatic heterocycles. The van der Waals surface area contributed by atoms with E-state index >= 15 is 0 Å². The van der Waals surface area contributed by atoms with E-state index in [0.29, 0.717) is 11.7 Å². The lowest BCUT2D eigenvalue weighted by atomic mass is 9.91. The number of anilines is 1. The molecular weight excluding hydrogens is 298 g/mol. The van der Waals surface area contributed by atoms with Gasteiger partial charge in [-0.1, -0.05) is 20.8 Å². The number of aromatic nitrogens is 1. The molecule has 1 aliphatic rings. The maximum absolute atomic E-state index is 12.4. The van der Waals surface area contributed by atoms with E-state index in [0.717, 1.165) is 30.0 Å². The molecule has 5 nitrogen and oxygen atoms in total. The van der Waals surface area contributed by atoms with E-state index < -0.39 is 5.41 Å². The molecule has 0 saturated carbocycles. The fourth-order valence-corrected chi connectivity index (χ4v) is 3.40. The van der Waals surface area contributed by atoms with Gasteiger partial charge in [0.25, 0.3) is 0 Å². The number of likely N-dealkylation sites (tertiary alicyclic amines) is 1. The van der Waals surface area contributed by atoms with Gasteiger partial charge in [-0.3, -0.25) is 9.59 Å². The zero-order chi connectivity index (χ0) is 16.5. The Morgan fingerprint density at radius 1 is 1.32 bits per heavy atom. The molecular formula is C16H25N3O2S. The minimum Gasteiger partial charge on any atom is -0.341 e. The average Bonchev–Trinajstić information content (AvgIpc) is 2.75. The van der Waals surface area contributed by atoms with Gasteiger partial charge >= 0.3 is 0 Å². The Hall–Kier alpha value is -1.43.